The Bertz CT molecular complexity index is 403. The van der Waals surface area contributed by atoms with Crippen LogP contribution >= 0.6 is 0 Å². The minimum absolute atomic E-state index is 0. The van der Waals surface area contributed by atoms with Crippen LogP contribution in [-0.2, 0) is 36.9 Å². The molecule has 0 aromatic rings. The summed E-state index contributed by atoms with van der Waals surface area (Å²) in [5.41, 5.74) is 0. The first-order valence-corrected chi connectivity index (χ1v) is 16.0. The van der Waals surface area contributed by atoms with Crippen LogP contribution < -0.4 is 0 Å². The third kappa shape index (κ3) is 46.1. The third-order valence-corrected chi connectivity index (χ3v) is 6.99. The number of rotatable bonds is 28. The molecule has 218 valence electrons. The number of hydrogen-bond donors (Lipinski definition) is 2. The smallest absolute Gasteiger partial charge is 0.303 e. The molecule has 0 aliphatic heterocycles. The SMILES string of the molecule is CCCCCCCCCCCCCCCC(=O)O.CCCCCCCCCCCCCCCC(=O)O.[Cd]. The van der Waals surface area contributed by atoms with E-state index >= 15 is 0 Å². The number of carboxylic acid groups (broad SMARTS) is 2. The summed E-state index contributed by atoms with van der Waals surface area (Å²) in [6.07, 6.45) is 34.5. The molecular weight excluding hydrogens is 561 g/mol. The molecular formula is C32H64CdO4. The Morgan fingerprint density at radius 2 is 0.514 bits per heavy atom. The van der Waals surface area contributed by atoms with Crippen molar-refractivity contribution in [3.8, 4) is 0 Å². The summed E-state index contributed by atoms with van der Waals surface area (Å²) in [6.45, 7) is 4.52. The van der Waals surface area contributed by atoms with Crippen LogP contribution in [0.2, 0.25) is 0 Å². The molecule has 0 aliphatic carbocycles. The van der Waals surface area contributed by atoms with Crippen LogP contribution in [0.5, 0.6) is 0 Å². The standard InChI is InChI=1S/2C16H32O2.Cd/c2*1-2-3-4-5-6-7-8-9-10-11-12-13-14-15-16(17)18;/h2*2-15H2,1H3,(H,17,18);. The van der Waals surface area contributed by atoms with E-state index in [-0.39, 0.29) is 27.3 Å². The van der Waals surface area contributed by atoms with Gasteiger partial charge in [0.05, 0.1) is 0 Å². The van der Waals surface area contributed by atoms with Crippen molar-refractivity contribution in [2.75, 3.05) is 0 Å². The molecule has 0 fully saturated rings. The fourth-order valence-corrected chi connectivity index (χ4v) is 4.59. The van der Waals surface area contributed by atoms with Gasteiger partial charge in [0.1, 0.15) is 0 Å². The maximum atomic E-state index is 10.3. The van der Waals surface area contributed by atoms with Crippen molar-refractivity contribution in [1.29, 1.82) is 0 Å². The average molecular weight is 625 g/mol. The zero-order valence-corrected chi connectivity index (χ0v) is 29.3. The molecule has 4 nitrogen and oxygen atoms in total. The second kappa shape index (κ2) is 38.0. The van der Waals surface area contributed by atoms with Crippen LogP contribution in [0.25, 0.3) is 0 Å². The van der Waals surface area contributed by atoms with Crippen molar-refractivity contribution < 1.29 is 47.1 Å². The van der Waals surface area contributed by atoms with Gasteiger partial charge < -0.3 is 10.2 Å². The molecule has 2 N–H and O–H groups in total. The van der Waals surface area contributed by atoms with Crippen molar-refractivity contribution in [2.45, 2.75) is 194 Å². The predicted octanol–water partition coefficient (Wildman–Crippen LogP) is 11.1. The molecule has 0 bridgehead atoms. The minimum Gasteiger partial charge on any atom is -0.481 e. The van der Waals surface area contributed by atoms with Gasteiger partial charge in [-0.2, -0.15) is 0 Å². The fourth-order valence-electron chi connectivity index (χ4n) is 4.59. The zero-order valence-electron chi connectivity index (χ0n) is 25.2. The van der Waals surface area contributed by atoms with Crippen molar-refractivity contribution in [2.24, 2.45) is 0 Å². The second-order valence-corrected chi connectivity index (χ2v) is 10.8. The number of hydrogen-bond acceptors (Lipinski definition) is 2. The molecule has 0 heterocycles. The van der Waals surface area contributed by atoms with E-state index in [2.05, 4.69) is 13.8 Å². The summed E-state index contributed by atoms with van der Waals surface area (Å²) < 4.78 is 0. The number of carboxylic acids is 2. The van der Waals surface area contributed by atoms with E-state index in [0.29, 0.717) is 12.8 Å². The van der Waals surface area contributed by atoms with E-state index in [1.54, 1.807) is 0 Å². The van der Waals surface area contributed by atoms with Gasteiger partial charge in [0, 0.05) is 40.1 Å². The monoisotopic (exact) mass is 626 g/mol. The largest absolute Gasteiger partial charge is 0.481 e. The topological polar surface area (TPSA) is 74.6 Å². The van der Waals surface area contributed by atoms with Gasteiger partial charge in [0.2, 0.25) is 0 Å². The molecule has 0 atom stereocenters. The molecule has 0 spiro atoms. The Balaban J connectivity index is -0.000000608. The van der Waals surface area contributed by atoms with Crippen molar-refractivity contribution in [1.82, 2.24) is 0 Å². The van der Waals surface area contributed by atoms with Gasteiger partial charge in [-0.3, -0.25) is 9.59 Å². The van der Waals surface area contributed by atoms with Gasteiger partial charge >= 0.3 is 11.9 Å². The summed E-state index contributed by atoms with van der Waals surface area (Å²) in [4.78, 5) is 20.6. The third-order valence-electron chi connectivity index (χ3n) is 6.99. The van der Waals surface area contributed by atoms with Gasteiger partial charge in [-0.25, -0.2) is 0 Å². The molecule has 0 radical (unpaired) electrons. The summed E-state index contributed by atoms with van der Waals surface area (Å²) >= 11 is 0. The molecule has 0 unspecified atom stereocenters. The van der Waals surface area contributed by atoms with Crippen molar-refractivity contribution >= 4 is 11.9 Å². The Morgan fingerprint density at radius 3 is 0.676 bits per heavy atom. The maximum Gasteiger partial charge on any atom is 0.303 e. The van der Waals surface area contributed by atoms with E-state index in [4.69, 9.17) is 10.2 Å². The molecule has 0 rings (SSSR count). The molecule has 0 saturated carbocycles. The molecule has 0 aromatic carbocycles. The van der Waals surface area contributed by atoms with Gasteiger partial charge in [-0.15, -0.1) is 0 Å². The molecule has 37 heavy (non-hydrogen) atoms. The normalized spacial score (nSPS) is 10.4. The van der Waals surface area contributed by atoms with Gasteiger partial charge in [-0.05, 0) is 12.8 Å². The van der Waals surface area contributed by atoms with Crippen LogP contribution in [0.1, 0.15) is 194 Å². The number of unbranched alkanes of at least 4 members (excludes halogenated alkanes) is 24. The number of carbonyl (C=O) groups is 2. The molecule has 5 heteroatoms. The van der Waals surface area contributed by atoms with Crippen LogP contribution in [0, 0.1) is 0 Å². The Morgan fingerprint density at radius 1 is 0.351 bits per heavy atom. The number of aliphatic carboxylic acids is 2. The summed E-state index contributed by atoms with van der Waals surface area (Å²) in [5, 5.41) is 17.0. The van der Waals surface area contributed by atoms with Crippen LogP contribution in [-0.4, -0.2) is 22.2 Å². The average Bonchev–Trinajstić information content (AvgIpc) is 2.85. The summed E-state index contributed by atoms with van der Waals surface area (Å²) in [7, 11) is 0. The predicted molar refractivity (Wildman–Crippen MR) is 156 cm³/mol. The van der Waals surface area contributed by atoms with Crippen LogP contribution in [0.4, 0.5) is 0 Å². The van der Waals surface area contributed by atoms with Gasteiger partial charge in [0.25, 0.3) is 0 Å². The molecule has 0 amide bonds. The quantitative estimate of drug-likeness (QED) is 0.0670. The Labute approximate surface area is 251 Å². The summed E-state index contributed by atoms with van der Waals surface area (Å²) in [5.74, 6) is -1.31. The zero-order chi connectivity index (χ0) is 27.0. The first-order valence-electron chi connectivity index (χ1n) is 16.0. The summed E-state index contributed by atoms with van der Waals surface area (Å²) in [6, 6.07) is 0. The van der Waals surface area contributed by atoms with Crippen LogP contribution in [0.15, 0.2) is 0 Å². The van der Waals surface area contributed by atoms with Gasteiger partial charge in [0.15, 0.2) is 0 Å². The molecule has 0 saturated heterocycles. The van der Waals surface area contributed by atoms with Crippen molar-refractivity contribution in [3.63, 3.8) is 0 Å². The van der Waals surface area contributed by atoms with E-state index in [1.807, 2.05) is 0 Å². The van der Waals surface area contributed by atoms with Gasteiger partial charge in [-0.1, -0.05) is 168 Å². The van der Waals surface area contributed by atoms with E-state index in [1.165, 1.54) is 141 Å². The van der Waals surface area contributed by atoms with Crippen molar-refractivity contribution in [3.05, 3.63) is 0 Å². The second-order valence-electron chi connectivity index (χ2n) is 10.8. The van der Waals surface area contributed by atoms with E-state index in [9.17, 15) is 9.59 Å². The van der Waals surface area contributed by atoms with E-state index < -0.39 is 11.9 Å². The Hall–Kier alpha value is -0.138. The first-order chi connectivity index (χ1) is 17.5. The first kappa shape index (κ1) is 41.3. The van der Waals surface area contributed by atoms with Crippen LogP contribution in [0.3, 0.4) is 0 Å². The minimum atomic E-state index is -0.655. The fraction of sp³-hybridized carbons (Fsp3) is 0.938. The molecule has 0 aliphatic rings. The Kier molecular flexibility index (Phi) is 42.5. The maximum absolute atomic E-state index is 10.3. The van der Waals surface area contributed by atoms with E-state index in [0.717, 1.165) is 25.7 Å². The molecule has 0 aromatic heterocycles.